The fraction of sp³-hybridized carbons (Fsp3) is 0.727. The van der Waals surface area contributed by atoms with Crippen molar-refractivity contribution < 1.29 is 0 Å². The summed E-state index contributed by atoms with van der Waals surface area (Å²) in [5.41, 5.74) is 0.588. The molecule has 0 aromatic carbocycles. The van der Waals surface area contributed by atoms with E-state index in [2.05, 4.69) is 17.2 Å². The molecule has 0 radical (unpaired) electrons. The molecule has 1 spiro atoms. The highest BCUT2D eigenvalue weighted by molar-refractivity contribution is 7.11. The van der Waals surface area contributed by atoms with E-state index in [0.29, 0.717) is 11.5 Å². The van der Waals surface area contributed by atoms with Gasteiger partial charge in [-0.3, -0.25) is 0 Å². The monoisotopic (exact) mass is 208 g/mol. The molecule has 1 saturated heterocycles. The van der Waals surface area contributed by atoms with E-state index < -0.39 is 0 Å². The largest absolute Gasteiger partial charge is 0.307 e. The third kappa shape index (κ3) is 1.15. The van der Waals surface area contributed by atoms with E-state index in [1.165, 1.54) is 42.1 Å². The summed E-state index contributed by atoms with van der Waals surface area (Å²) in [6.07, 6.45) is 7.65. The van der Waals surface area contributed by atoms with Gasteiger partial charge in [0.15, 0.2) is 0 Å². The molecule has 1 aromatic rings. The Hall–Kier alpha value is -0.410. The van der Waals surface area contributed by atoms with Crippen LogP contribution in [-0.4, -0.2) is 11.5 Å². The molecule has 2 nitrogen and oxygen atoms in total. The zero-order chi connectivity index (χ0) is 9.60. The van der Waals surface area contributed by atoms with Crippen molar-refractivity contribution >= 4 is 11.3 Å². The molecule has 1 aliphatic heterocycles. The van der Waals surface area contributed by atoms with Gasteiger partial charge in [-0.1, -0.05) is 12.8 Å². The van der Waals surface area contributed by atoms with Crippen molar-refractivity contribution in [2.75, 3.05) is 6.54 Å². The van der Waals surface area contributed by atoms with Gasteiger partial charge < -0.3 is 5.32 Å². The Bertz CT molecular complexity index is 339. The smallest absolute Gasteiger partial charge is 0.110 e. The van der Waals surface area contributed by atoms with Crippen LogP contribution in [-0.2, 0) is 0 Å². The van der Waals surface area contributed by atoms with E-state index in [9.17, 15) is 0 Å². The maximum Gasteiger partial charge on any atom is 0.110 e. The maximum absolute atomic E-state index is 4.51. The maximum atomic E-state index is 4.51. The van der Waals surface area contributed by atoms with Crippen LogP contribution in [0.5, 0.6) is 0 Å². The van der Waals surface area contributed by atoms with E-state index in [-0.39, 0.29) is 0 Å². The third-order valence-corrected chi connectivity index (χ3v) is 4.73. The Morgan fingerprint density at radius 3 is 2.79 bits per heavy atom. The van der Waals surface area contributed by atoms with Crippen molar-refractivity contribution in [1.29, 1.82) is 0 Å². The van der Waals surface area contributed by atoms with Gasteiger partial charge >= 0.3 is 0 Å². The van der Waals surface area contributed by atoms with Gasteiger partial charge in [-0.2, -0.15) is 0 Å². The number of rotatable bonds is 1. The minimum absolute atomic E-state index is 0.573. The number of aryl methyl sites for hydroxylation is 1. The van der Waals surface area contributed by atoms with Gasteiger partial charge in [0.2, 0.25) is 0 Å². The SMILES string of the molecule is Cc1cnc(C2NCC23CCCC3)s1. The van der Waals surface area contributed by atoms with Gasteiger partial charge in [0.25, 0.3) is 0 Å². The molecule has 3 rings (SSSR count). The Morgan fingerprint density at radius 1 is 1.50 bits per heavy atom. The van der Waals surface area contributed by atoms with Crippen LogP contribution in [0.2, 0.25) is 0 Å². The van der Waals surface area contributed by atoms with Gasteiger partial charge in [-0.25, -0.2) is 4.98 Å². The second-order valence-corrected chi connectivity index (χ2v) is 5.96. The van der Waals surface area contributed by atoms with Crippen molar-refractivity contribution in [2.45, 2.75) is 38.6 Å². The first-order valence-corrected chi connectivity index (χ1v) is 6.28. The quantitative estimate of drug-likeness (QED) is 0.767. The summed E-state index contributed by atoms with van der Waals surface area (Å²) < 4.78 is 0. The van der Waals surface area contributed by atoms with Crippen molar-refractivity contribution in [3.8, 4) is 0 Å². The predicted octanol–water partition coefficient (Wildman–Crippen LogP) is 2.66. The number of hydrogen-bond acceptors (Lipinski definition) is 3. The van der Waals surface area contributed by atoms with Crippen LogP contribution in [0.25, 0.3) is 0 Å². The molecule has 0 bridgehead atoms. The van der Waals surface area contributed by atoms with Crippen molar-refractivity contribution in [1.82, 2.24) is 10.3 Å². The molecule has 1 aliphatic carbocycles. The van der Waals surface area contributed by atoms with Crippen LogP contribution in [0.15, 0.2) is 6.20 Å². The fourth-order valence-corrected chi connectivity index (χ4v) is 3.88. The topological polar surface area (TPSA) is 24.9 Å². The van der Waals surface area contributed by atoms with Gasteiger partial charge in [0, 0.05) is 23.0 Å². The van der Waals surface area contributed by atoms with Crippen LogP contribution in [0.3, 0.4) is 0 Å². The summed E-state index contributed by atoms with van der Waals surface area (Å²) in [6.45, 7) is 3.36. The molecule has 2 aliphatic rings. The van der Waals surface area contributed by atoms with Crippen LogP contribution in [0.4, 0.5) is 0 Å². The summed E-state index contributed by atoms with van der Waals surface area (Å²) >= 11 is 1.86. The Morgan fingerprint density at radius 2 is 2.29 bits per heavy atom. The van der Waals surface area contributed by atoms with Crippen LogP contribution in [0, 0.1) is 12.3 Å². The van der Waals surface area contributed by atoms with Gasteiger partial charge in [-0.15, -0.1) is 11.3 Å². The lowest BCUT2D eigenvalue weighted by atomic mass is 9.72. The van der Waals surface area contributed by atoms with E-state index >= 15 is 0 Å². The molecule has 1 N–H and O–H groups in total. The normalized spacial score (nSPS) is 29.4. The minimum atomic E-state index is 0.573. The van der Waals surface area contributed by atoms with Gasteiger partial charge in [0.1, 0.15) is 5.01 Å². The minimum Gasteiger partial charge on any atom is -0.307 e. The Balaban J connectivity index is 1.86. The average molecular weight is 208 g/mol. The molecule has 1 aromatic heterocycles. The number of nitrogens with one attached hydrogen (secondary N) is 1. The van der Waals surface area contributed by atoms with Crippen molar-refractivity contribution in [3.05, 3.63) is 16.1 Å². The summed E-state index contributed by atoms with van der Waals surface area (Å²) in [5, 5.41) is 4.87. The zero-order valence-corrected chi connectivity index (χ0v) is 9.36. The lowest BCUT2D eigenvalue weighted by molar-refractivity contribution is 0.0892. The summed E-state index contributed by atoms with van der Waals surface area (Å²) in [6, 6.07) is 0.573. The number of aromatic nitrogens is 1. The predicted molar refractivity (Wildman–Crippen MR) is 58.5 cm³/mol. The summed E-state index contributed by atoms with van der Waals surface area (Å²) in [7, 11) is 0. The third-order valence-electron chi connectivity index (χ3n) is 3.76. The molecule has 0 amide bonds. The lowest BCUT2D eigenvalue weighted by Gasteiger charge is -2.47. The van der Waals surface area contributed by atoms with Crippen molar-refractivity contribution in [2.24, 2.45) is 5.41 Å². The molecule has 1 atom stereocenters. The second kappa shape index (κ2) is 3.04. The highest BCUT2D eigenvalue weighted by Gasteiger charge is 2.49. The van der Waals surface area contributed by atoms with E-state index in [1.54, 1.807) is 0 Å². The highest BCUT2D eigenvalue weighted by Crippen LogP contribution is 2.53. The molecule has 2 heterocycles. The summed E-state index contributed by atoms with van der Waals surface area (Å²) in [4.78, 5) is 5.85. The van der Waals surface area contributed by atoms with Crippen LogP contribution >= 0.6 is 11.3 Å². The molecule has 1 saturated carbocycles. The van der Waals surface area contributed by atoms with E-state index in [4.69, 9.17) is 0 Å². The van der Waals surface area contributed by atoms with E-state index in [0.717, 1.165) is 0 Å². The standard InChI is InChI=1S/C11H16N2S/c1-8-6-12-10(14-8)9-11(7-13-9)4-2-3-5-11/h6,9,13H,2-5,7H2,1H3. The lowest BCUT2D eigenvalue weighted by Crippen LogP contribution is -2.54. The van der Waals surface area contributed by atoms with Crippen LogP contribution in [0.1, 0.15) is 41.6 Å². The first kappa shape index (κ1) is 8.86. The molecule has 2 fully saturated rings. The molecule has 76 valence electrons. The molecule has 3 heteroatoms. The first-order valence-electron chi connectivity index (χ1n) is 5.46. The molecule has 14 heavy (non-hydrogen) atoms. The first-order chi connectivity index (χ1) is 6.80. The van der Waals surface area contributed by atoms with Crippen LogP contribution < -0.4 is 5.32 Å². The number of thiazole rings is 1. The van der Waals surface area contributed by atoms with E-state index in [1.807, 2.05) is 17.5 Å². The van der Waals surface area contributed by atoms with Crippen molar-refractivity contribution in [3.63, 3.8) is 0 Å². The average Bonchev–Trinajstić information content (AvgIpc) is 2.73. The van der Waals surface area contributed by atoms with Gasteiger partial charge in [0.05, 0.1) is 6.04 Å². The fourth-order valence-electron chi connectivity index (χ4n) is 2.89. The zero-order valence-electron chi connectivity index (χ0n) is 8.55. The number of hydrogen-bond donors (Lipinski definition) is 1. The molecular weight excluding hydrogens is 192 g/mol. The number of nitrogens with zero attached hydrogens (tertiary/aromatic N) is 1. The Labute approximate surface area is 88.7 Å². The second-order valence-electron chi connectivity index (χ2n) is 4.69. The molecular formula is C11H16N2S. The highest BCUT2D eigenvalue weighted by atomic mass is 32.1. The summed E-state index contributed by atoms with van der Waals surface area (Å²) in [5.74, 6) is 0. The molecule has 1 unspecified atom stereocenters. The Kier molecular flexibility index (Phi) is 1.92. The van der Waals surface area contributed by atoms with Gasteiger partial charge in [-0.05, 0) is 19.8 Å².